The lowest BCUT2D eigenvalue weighted by molar-refractivity contribution is -0.129. The summed E-state index contributed by atoms with van der Waals surface area (Å²) in [7, 11) is 0. The van der Waals surface area contributed by atoms with Crippen molar-refractivity contribution in [1.82, 2.24) is 0 Å². The van der Waals surface area contributed by atoms with Crippen LogP contribution in [0.2, 0.25) is 0 Å². The molecule has 0 N–H and O–H groups in total. The van der Waals surface area contributed by atoms with E-state index in [2.05, 4.69) is 0 Å². The number of carbonyl (C=O) groups is 2. The number of carbonyl (C=O) groups excluding carboxylic acids is 2. The number of anilines is 2. The fourth-order valence-electron chi connectivity index (χ4n) is 3.65. The van der Waals surface area contributed by atoms with Gasteiger partial charge in [0.1, 0.15) is 18.1 Å². The summed E-state index contributed by atoms with van der Waals surface area (Å²) in [5.74, 6) is 0.846. The summed E-state index contributed by atoms with van der Waals surface area (Å²) in [6.45, 7) is 5.79. The summed E-state index contributed by atoms with van der Waals surface area (Å²) in [5.41, 5.74) is 3.51. The first-order valence-corrected chi connectivity index (χ1v) is 9.28. The molecule has 1 aromatic heterocycles. The summed E-state index contributed by atoms with van der Waals surface area (Å²) in [6.07, 6.45) is 0. The van der Waals surface area contributed by atoms with Gasteiger partial charge in [-0.15, -0.1) is 0 Å². The second-order valence-corrected chi connectivity index (χ2v) is 7.09. The monoisotopic (exact) mass is 374 g/mol. The van der Waals surface area contributed by atoms with Crippen molar-refractivity contribution >= 4 is 23.2 Å². The number of amides is 2. The van der Waals surface area contributed by atoms with Crippen molar-refractivity contribution in [3.8, 4) is 0 Å². The van der Waals surface area contributed by atoms with E-state index in [1.807, 2.05) is 75.4 Å². The summed E-state index contributed by atoms with van der Waals surface area (Å²) in [6, 6.07) is 17.8. The Morgan fingerprint density at radius 3 is 2.32 bits per heavy atom. The van der Waals surface area contributed by atoms with Crippen molar-refractivity contribution in [2.24, 2.45) is 0 Å². The van der Waals surface area contributed by atoms with E-state index in [4.69, 9.17) is 4.42 Å². The molecule has 2 aromatic carbocycles. The van der Waals surface area contributed by atoms with Crippen molar-refractivity contribution in [2.45, 2.75) is 26.8 Å². The highest BCUT2D eigenvalue weighted by Gasteiger charge is 2.43. The molecule has 0 aliphatic carbocycles. The number of hydrogen-bond donors (Lipinski definition) is 0. The van der Waals surface area contributed by atoms with E-state index >= 15 is 0 Å². The largest absolute Gasteiger partial charge is 0.464 e. The van der Waals surface area contributed by atoms with Crippen molar-refractivity contribution < 1.29 is 14.0 Å². The molecule has 0 unspecified atom stereocenters. The van der Waals surface area contributed by atoms with Gasteiger partial charge in [0, 0.05) is 11.4 Å². The Bertz CT molecular complexity index is 1040. The van der Waals surface area contributed by atoms with Gasteiger partial charge in [0.2, 0.25) is 5.91 Å². The van der Waals surface area contributed by atoms with Gasteiger partial charge in [-0.3, -0.25) is 14.5 Å². The van der Waals surface area contributed by atoms with Gasteiger partial charge in [-0.25, -0.2) is 0 Å². The summed E-state index contributed by atoms with van der Waals surface area (Å²) in [5, 5.41) is 0. The average molecular weight is 374 g/mol. The number of rotatable bonds is 3. The summed E-state index contributed by atoms with van der Waals surface area (Å²) >= 11 is 0. The van der Waals surface area contributed by atoms with Crippen LogP contribution in [0.3, 0.4) is 0 Å². The number of para-hydroxylation sites is 1. The van der Waals surface area contributed by atoms with E-state index in [1.54, 1.807) is 15.9 Å². The van der Waals surface area contributed by atoms with Crippen molar-refractivity contribution in [1.29, 1.82) is 0 Å². The van der Waals surface area contributed by atoms with Crippen LogP contribution in [0.25, 0.3) is 0 Å². The highest BCUT2D eigenvalue weighted by molar-refractivity contribution is 6.14. The molecule has 1 aliphatic heterocycles. The van der Waals surface area contributed by atoms with E-state index in [0.717, 1.165) is 16.8 Å². The lowest BCUT2D eigenvalue weighted by Gasteiger charge is -2.39. The predicted octanol–water partition coefficient (Wildman–Crippen LogP) is 4.33. The molecule has 142 valence electrons. The maximum Gasteiger partial charge on any atom is 0.258 e. The van der Waals surface area contributed by atoms with Gasteiger partial charge in [-0.1, -0.05) is 30.3 Å². The van der Waals surface area contributed by atoms with Gasteiger partial charge in [-0.05, 0) is 62.2 Å². The third kappa shape index (κ3) is 2.99. The minimum atomic E-state index is -0.836. The van der Waals surface area contributed by atoms with Crippen molar-refractivity contribution in [3.05, 3.63) is 83.3 Å². The Kier molecular flexibility index (Phi) is 4.51. The van der Waals surface area contributed by atoms with E-state index in [9.17, 15) is 9.59 Å². The molecular weight excluding hydrogens is 352 g/mol. The van der Waals surface area contributed by atoms with Crippen LogP contribution < -0.4 is 9.80 Å². The van der Waals surface area contributed by atoms with Gasteiger partial charge in [0.05, 0.1) is 0 Å². The number of aryl methyl sites for hydroxylation is 2. The minimum Gasteiger partial charge on any atom is -0.464 e. The Labute approximate surface area is 164 Å². The quantitative estimate of drug-likeness (QED) is 0.686. The van der Waals surface area contributed by atoms with Crippen LogP contribution in [0.15, 0.2) is 65.1 Å². The van der Waals surface area contributed by atoms with Crippen molar-refractivity contribution in [2.75, 3.05) is 16.3 Å². The first-order valence-electron chi connectivity index (χ1n) is 9.28. The van der Waals surface area contributed by atoms with E-state index < -0.39 is 6.04 Å². The smallest absolute Gasteiger partial charge is 0.258 e. The molecule has 1 atom stereocenters. The van der Waals surface area contributed by atoms with Crippen molar-refractivity contribution in [3.63, 3.8) is 0 Å². The molecule has 3 aromatic rings. The van der Waals surface area contributed by atoms with Gasteiger partial charge in [-0.2, -0.15) is 0 Å². The van der Waals surface area contributed by atoms with Gasteiger partial charge in [0.15, 0.2) is 6.04 Å². The maximum atomic E-state index is 13.6. The third-order valence-corrected chi connectivity index (χ3v) is 5.25. The summed E-state index contributed by atoms with van der Waals surface area (Å²) in [4.78, 5) is 29.9. The summed E-state index contributed by atoms with van der Waals surface area (Å²) < 4.78 is 5.79. The zero-order valence-corrected chi connectivity index (χ0v) is 16.2. The molecule has 1 aliphatic rings. The molecule has 5 heteroatoms. The highest BCUT2D eigenvalue weighted by atomic mass is 16.3. The average Bonchev–Trinajstić information content (AvgIpc) is 3.12. The molecule has 5 nitrogen and oxygen atoms in total. The van der Waals surface area contributed by atoms with E-state index in [-0.39, 0.29) is 18.4 Å². The van der Waals surface area contributed by atoms with E-state index in [0.29, 0.717) is 17.2 Å². The fourth-order valence-corrected chi connectivity index (χ4v) is 3.65. The normalized spacial score (nSPS) is 17.3. The number of benzene rings is 2. The fraction of sp³-hybridized carbons (Fsp3) is 0.217. The first-order chi connectivity index (χ1) is 13.5. The SMILES string of the molecule is Cc1ccc([C@H]2C(=O)N(c3cccc(C)c3C)CC(=O)N2c2ccccc2)o1. The van der Waals surface area contributed by atoms with Crippen LogP contribution in [0.4, 0.5) is 11.4 Å². The second kappa shape index (κ2) is 7.00. The molecular formula is C23H22N2O3. The molecule has 0 spiro atoms. The number of nitrogens with zero attached hydrogens (tertiary/aromatic N) is 2. The Morgan fingerprint density at radius 1 is 0.893 bits per heavy atom. The molecule has 28 heavy (non-hydrogen) atoms. The second-order valence-electron chi connectivity index (χ2n) is 7.09. The highest BCUT2D eigenvalue weighted by Crippen LogP contribution is 2.36. The maximum absolute atomic E-state index is 13.6. The van der Waals surface area contributed by atoms with Crippen LogP contribution in [0, 0.1) is 20.8 Å². The lowest BCUT2D eigenvalue weighted by Crippen LogP contribution is -2.56. The standard InChI is InChI=1S/C23H22N2O3/c1-15-8-7-11-19(17(15)3)24-14-21(26)25(18-9-5-4-6-10-18)22(23(24)27)20-13-12-16(2)28-20/h4-13,22H,14H2,1-3H3/t22-/m0/s1. The molecule has 1 fully saturated rings. The van der Waals surface area contributed by atoms with Crippen LogP contribution in [-0.4, -0.2) is 18.4 Å². The van der Waals surface area contributed by atoms with Crippen LogP contribution in [0.5, 0.6) is 0 Å². The lowest BCUT2D eigenvalue weighted by atomic mass is 10.0. The zero-order chi connectivity index (χ0) is 19.8. The van der Waals surface area contributed by atoms with Crippen LogP contribution in [-0.2, 0) is 9.59 Å². The number of hydrogen-bond acceptors (Lipinski definition) is 3. The third-order valence-electron chi connectivity index (χ3n) is 5.25. The molecule has 2 amide bonds. The molecule has 1 saturated heterocycles. The molecule has 0 saturated carbocycles. The molecule has 2 heterocycles. The molecule has 0 bridgehead atoms. The topological polar surface area (TPSA) is 53.8 Å². The first kappa shape index (κ1) is 18.0. The van der Waals surface area contributed by atoms with E-state index in [1.165, 1.54) is 0 Å². The van der Waals surface area contributed by atoms with Gasteiger partial charge in [0.25, 0.3) is 5.91 Å². The van der Waals surface area contributed by atoms with Crippen LogP contribution >= 0.6 is 0 Å². The predicted molar refractivity (Wildman–Crippen MR) is 108 cm³/mol. The zero-order valence-electron chi connectivity index (χ0n) is 16.2. The Morgan fingerprint density at radius 2 is 1.64 bits per heavy atom. The Hall–Kier alpha value is -3.34. The molecule has 4 rings (SSSR count). The molecule has 0 radical (unpaired) electrons. The van der Waals surface area contributed by atoms with Crippen LogP contribution in [0.1, 0.15) is 28.7 Å². The Balaban J connectivity index is 1.83. The minimum absolute atomic E-state index is 0.00574. The van der Waals surface area contributed by atoms with Gasteiger partial charge >= 0.3 is 0 Å². The number of furan rings is 1. The van der Waals surface area contributed by atoms with Gasteiger partial charge < -0.3 is 9.32 Å². The number of piperazine rings is 1.